The summed E-state index contributed by atoms with van der Waals surface area (Å²) in [5.74, 6) is 0. The summed E-state index contributed by atoms with van der Waals surface area (Å²) < 4.78 is 1.27. The van der Waals surface area contributed by atoms with Gasteiger partial charge in [0.1, 0.15) is 0 Å². The fourth-order valence-electron chi connectivity index (χ4n) is 2.21. The number of benzene rings is 1. The molecule has 0 aliphatic heterocycles. The lowest BCUT2D eigenvalue weighted by atomic mass is 10.1. The van der Waals surface area contributed by atoms with E-state index < -0.39 is 0 Å². The van der Waals surface area contributed by atoms with E-state index in [1.165, 1.54) is 28.4 Å². The first-order valence-electron chi connectivity index (χ1n) is 5.76. The maximum Gasteiger partial charge on any atom is 0.0327 e. The highest BCUT2D eigenvalue weighted by molar-refractivity contribution is 9.10. The lowest BCUT2D eigenvalue weighted by Crippen LogP contribution is -2.26. The Morgan fingerprint density at radius 1 is 1.56 bits per heavy atom. The van der Waals surface area contributed by atoms with Crippen molar-refractivity contribution in [3.8, 4) is 0 Å². The molecule has 0 radical (unpaired) electrons. The van der Waals surface area contributed by atoms with Crippen LogP contribution >= 0.6 is 27.7 Å². The molecule has 0 bridgehead atoms. The van der Waals surface area contributed by atoms with Crippen molar-refractivity contribution in [2.45, 2.75) is 31.1 Å². The third-order valence-electron chi connectivity index (χ3n) is 3.27. The molecule has 0 saturated heterocycles. The molecule has 0 saturated carbocycles. The quantitative estimate of drug-likeness (QED) is 0.908. The SMILES string of the molecule is CSC(C)CNC1CCc2c(Br)cccc21. The zero-order chi connectivity index (χ0) is 11.5. The molecule has 0 spiro atoms. The van der Waals surface area contributed by atoms with Gasteiger partial charge in [-0.2, -0.15) is 11.8 Å². The van der Waals surface area contributed by atoms with Crippen LogP contribution in [-0.4, -0.2) is 18.1 Å². The Bertz CT molecular complexity index is 367. The first-order chi connectivity index (χ1) is 7.72. The van der Waals surface area contributed by atoms with Gasteiger partial charge in [0, 0.05) is 22.3 Å². The first-order valence-corrected chi connectivity index (χ1v) is 7.84. The Morgan fingerprint density at radius 2 is 2.38 bits per heavy atom. The van der Waals surface area contributed by atoms with Crippen molar-refractivity contribution in [3.63, 3.8) is 0 Å². The highest BCUT2D eigenvalue weighted by Gasteiger charge is 2.23. The second kappa shape index (κ2) is 5.56. The fourth-order valence-corrected chi connectivity index (χ4v) is 3.06. The predicted octanol–water partition coefficient (Wildman–Crippen LogP) is 3.78. The lowest BCUT2D eigenvalue weighted by Gasteiger charge is -2.17. The van der Waals surface area contributed by atoms with Crippen LogP contribution in [0.25, 0.3) is 0 Å². The molecule has 1 aromatic rings. The van der Waals surface area contributed by atoms with Crippen LogP contribution in [0.1, 0.15) is 30.5 Å². The molecular weight excluding hydrogens is 282 g/mol. The van der Waals surface area contributed by atoms with E-state index in [4.69, 9.17) is 0 Å². The molecule has 2 unspecified atom stereocenters. The molecule has 1 aliphatic rings. The van der Waals surface area contributed by atoms with Crippen molar-refractivity contribution in [1.82, 2.24) is 5.32 Å². The number of hydrogen-bond acceptors (Lipinski definition) is 2. The molecule has 1 aromatic carbocycles. The molecule has 1 N–H and O–H groups in total. The van der Waals surface area contributed by atoms with Crippen molar-refractivity contribution >= 4 is 27.7 Å². The number of hydrogen-bond donors (Lipinski definition) is 1. The smallest absolute Gasteiger partial charge is 0.0327 e. The zero-order valence-corrected chi connectivity index (χ0v) is 12.2. The van der Waals surface area contributed by atoms with Crippen LogP contribution in [0.5, 0.6) is 0 Å². The summed E-state index contributed by atoms with van der Waals surface area (Å²) in [6, 6.07) is 7.10. The number of thioether (sulfide) groups is 1. The van der Waals surface area contributed by atoms with E-state index in [0.29, 0.717) is 11.3 Å². The average molecular weight is 300 g/mol. The van der Waals surface area contributed by atoms with Crippen molar-refractivity contribution in [1.29, 1.82) is 0 Å². The second-order valence-corrected chi connectivity index (χ2v) is 6.48. The predicted molar refractivity (Wildman–Crippen MR) is 76.2 cm³/mol. The molecule has 16 heavy (non-hydrogen) atoms. The minimum atomic E-state index is 0.557. The van der Waals surface area contributed by atoms with Crippen LogP contribution < -0.4 is 5.32 Å². The molecule has 2 rings (SSSR count). The van der Waals surface area contributed by atoms with Gasteiger partial charge in [-0.3, -0.25) is 0 Å². The molecule has 3 heteroatoms. The van der Waals surface area contributed by atoms with Crippen molar-refractivity contribution in [3.05, 3.63) is 33.8 Å². The molecule has 0 amide bonds. The molecule has 1 nitrogen and oxygen atoms in total. The third-order valence-corrected chi connectivity index (χ3v) is 4.98. The van der Waals surface area contributed by atoms with E-state index in [-0.39, 0.29) is 0 Å². The van der Waals surface area contributed by atoms with Crippen LogP contribution in [0.2, 0.25) is 0 Å². The number of nitrogens with one attached hydrogen (secondary N) is 1. The van der Waals surface area contributed by atoms with Gasteiger partial charge < -0.3 is 5.32 Å². The monoisotopic (exact) mass is 299 g/mol. The third kappa shape index (κ3) is 2.63. The van der Waals surface area contributed by atoms with Crippen LogP contribution in [0, 0.1) is 0 Å². The zero-order valence-electron chi connectivity index (χ0n) is 9.79. The Kier molecular flexibility index (Phi) is 4.34. The van der Waals surface area contributed by atoms with Gasteiger partial charge in [0.2, 0.25) is 0 Å². The summed E-state index contributed by atoms with van der Waals surface area (Å²) in [7, 11) is 0. The fraction of sp³-hybridized carbons (Fsp3) is 0.538. The Balaban J connectivity index is 2.03. The van der Waals surface area contributed by atoms with Gasteiger partial charge in [-0.25, -0.2) is 0 Å². The van der Waals surface area contributed by atoms with Crippen molar-refractivity contribution in [2.24, 2.45) is 0 Å². The van der Waals surface area contributed by atoms with Crippen LogP contribution in [0.4, 0.5) is 0 Å². The first kappa shape index (κ1) is 12.5. The summed E-state index contributed by atoms with van der Waals surface area (Å²) >= 11 is 5.56. The van der Waals surface area contributed by atoms with E-state index >= 15 is 0 Å². The van der Waals surface area contributed by atoms with Gasteiger partial charge in [0.15, 0.2) is 0 Å². The summed E-state index contributed by atoms with van der Waals surface area (Å²) in [5, 5.41) is 4.36. The largest absolute Gasteiger partial charge is 0.309 e. The van der Waals surface area contributed by atoms with Gasteiger partial charge in [-0.15, -0.1) is 0 Å². The standard InChI is InChI=1S/C13H18BrNS/c1-9(16-2)8-15-13-7-6-10-11(13)4-3-5-12(10)14/h3-5,9,13,15H,6-8H2,1-2H3. The van der Waals surface area contributed by atoms with Gasteiger partial charge in [0.05, 0.1) is 0 Å². The molecule has 2 atom stereocenters. The highest BCUT2D eigenvalue weighted by atomic mass is 79.9. The lowest BCUT2D eigenvalue weighted by molar-refractivity contribution is 0.533. The topological polar surface area (TPSA) is 12.0 Å². The highest BCUT2D eigenvalue weighted by Crippen LogP contribution is 2.35. The summed E-state index contributed by atoms with van der Waals surface area (Å²) in [4.78, 5) is 0. The molecule has 1 aliphatic carbocycles. The van der Waals surface area contributed by atoms with Gasteiger partial charge in [0.25, 0.3) is 0 Å². The molecule has 0 fully saturated rings. The Hall–Kier alpha value is 0.0100. The number of rotatable bonds is 4. The van der Waals surface area contributed by atoms with E-state index in [2.05, 4.69) is 52.6 Å². The molecule has 0 heterocycles. The van der Waals surface area contributed by atoms with E-state index in [1.54, 1.807) is 0 Å². The number of fused-ring (bicyclic) bond motifs is 1. The van der Waals surface area contributed by atoms with Crippen LogP contribution in [0.3, 0.4) is 0 Å². The minimum absolute atomic E-state index is 0.557. The van der Waals surface area contributed by atoms with Crippen LogP contribution in [-0.2, 0) is 6.42 Å². The Morgan fingerprint density at radius 3 is 3.12 bits per heavy atom. The maximum atomic E-state index is 3.67. The normalized spacial score (nSPS) is 20.8. The second-order valence-electron chi connectivity index (χ2n) is 4.35. The Labute approximate surface area is 111 Å². The summed E-state index contributed by atoms with van der Waals surface area (Å²) in [6.45, 7) is 3.37. The number of halogens is 1. The average Bonchev–Trinajstić information content (AvgIpc) is 2.70. The van der Waals surface area contributed by atoms with E-state index in [9.17, 15) is 0 Å². The van der Waals surface area contributed by atoms with E-state index in [0.717, 1.165) is 6.54 Å². The molecular formula is C13H18BrNS. The van der Waals surface area contributed by atoms with Gasteiger partial charge in [-0.05, 0) is 36.3 Å². The summed E-state index contributed by atoms with van der Waals surface area (Å²) in [6.07, 6.45) is 4.60. The molecule has 88 valence electrons. The minimum Gasteiger partial charge on any atom is -0.309 e. The molecule has 0 aromatic heterocycles. The van der Waals surface area contributed by atoms with Gasteiger partial charge >= 0.3 is 0 Å². The maximum absolute atomic E-state index is 3.67. The van der Waals surface area contributed by atoms with Gasteiger partial charge in [-0.1, -0.05) is 35.0 Å². The van der Waals surface area contributed by atoms with E-state index in [1.807, 2.05) is 11.8 Å². The van der Waals surface area contributed by atoms with Crippen molar-refractivity contribution in [2.75, 3.05) is 12.8 Å². The van der Waals surface area contributed by atoms with Crippen LogP contribution in [0.15, 0.2) is 22.7 Å². The summed E-state index contributed by atoms with van der Waals surface area (Å²) in [5.41, 5.74) is 2.99. The van der Waals surface area contributed by atoms with Crippen molar-refractivity contribution < 1.29 is 0 Å².